The largest absolute Gasteiger partial charge is 0.490 e. The molecule has 1 aliphatic carbocycles. The third kappa shape index (κ3) is 2.38. The van der Waals surface area contributed by atoms with E-state index in [0.717, 1.165) is 12.8 Å². The zero-order chi connectivity index (χ0) is 13.2. The summed E-state index contributed by atoms with van der Waals surface area (Å²) in [6.45, 7) is 0.648. The Hall–Kier alpha value is -1.82. The molecule has 0 spiro atoms. The molecule has 0 atom stereocenters. The van der Waals surface area contributed by atoms with Crippen molar-refractivity contribution < 1.29 is 14.8 Å². The van der Waals surface area contributed by atoms with Crippen molar-refractivity contribution in [3.8, 4) is 5.75 Å². The van der Waals surface area contributed by atoms with Crippen LogP contribution in [0.25, 0.3) is 0 Å². The molecule has 0 heterocycles. The number of methoxy groups -OCH3 is 1. The average Bonchev–Trinajstić information content (AvgIpc) is 3.16. The van der Waals surface area contributed by atoms with Gasteiger partial charge in [0.15, 0.2) is 5.75 Å². The van der Waals surface area contributed by atoms with E-state index in [1.54, 1.807) is 18.2 Å². The first-order valence-electron chi connectivity index (χ1n) is 5.78. The number of para-hydroxylation sites is 1. The lowest BCUT2D eigenvalue weighted by Crippen LogP contribution is -2.19. The van der Waals surface area contributed by atoms with Crippen molar-refractivity contribution in [1.29, 1.82) is 0 Å². The molecule has 1 aromatic rings. The normalized spacial score (nSPS) is 16.1. The van der Waals surface area contributed by atoms with Gasteiger partial charge in [-0.25, -0.2) is 0 Å². The van der Waals surface area contributed by atoms with Crippen LogP contribution in [-0.2, 0) is 0 Å². The number of nitro groups is 1. The van der Waals surface area contributed by atoms with Gasteiger partial charge >= 0.3 is 5.69 Å². The molecule has 0 aromatic heterocycles. The summed E-state index contributed by atoms with van der Waals surface area (Å²) >= 11 is 0. The van der Waals surface area contributed by atoms with E-state index in [4.69, 9.17) is 4.74 Å². The van der Waals surface area contributed by atoms with Crippen molar-refractivity contribution >= 4 is 11.4 Å². The first-order chi connectivity index (χ1) is 8.62. The highest BCUT2D eigenvalue weighted by atomic mass is 16.6. The number of nitro benzene ring substituents is 1. The van der Waals surface area contributed by atoms with Crippen LogP contribution in [0.3, 0.4) is 0 Å². The van der Waals surface area contributed by atoms with Crippen LogP contribution in [0.5, 0.6) is 5.75 Å². The predicted molar refractivity (Wildman–Crippen MR) is 66.9 cm³/mol. The standard InChI is InChI=1S/C12H16N2O4/c1-18-10-4-2-3-9(11(10)14(16)17)13-7-12(8-15)5-6-12/h2-4,13,15H,5-8H2,1H3. The number of aliphatic hydroxyl groups excluding tert-OH is 1. The van der Waals surface area contributed by atoms with E-state index in [-0.39, 0.29) is 23.5 Å². The molecular weight excluding hydrogens is 236 g/mol. The zero-order valence-corrected chi connectivity index (χ0v) is 10.2. The molecule has 18 heavy (non-hydrogen) atoms. The van der Waals surface area contributed by atoms with Crippen molar-refractivity contribution in [2.24, 2.45) is 5.41 Å². The van der Waals surface area contributed by atoms with E-state index in [0.29, 0.717) is 12.2 Å². The van der Waals surface area contributed by atoms with E-state index in [9.17, 15) is 15.2 Å². The zero-order valence-electron chi connectivity index (χ0n) is 10.2. The van der Waals surface area contributed by atoms with Gasteiger partial charge in [-0.2, -0.15) is 0 Å². The number of anilines is 1. The van der Waals surface area contributed by atoms with E-state index in [1.807, 2.05) is 0 Å². The lowest BCUT2D eigenvalue weighted by atomic mass is 10.1. The van der Waals surface area contributed by atoms with Gasteiger partial charge in [0.05, 0.1) is 18.6 Å². The number of hydrogen-bond acceptors (Lipinski definition) is 5. The molecule has 2 N–H and O–H groups in total. The molecular formula is C12H16N2O4. The maximum atomic E-state index is 11.0. The van der Waals surface area contributed by atoms with Gasteiger partial charge in [0, 0.05) is 12.0 Å². The smallest absolute Gasteiger partial charge is 0.333 e. The maximum Gasteiger partial charge on any atom is 0.333 e. The minimum atomic E-state index is -0.459. The molecule has 0 unspecified atom stereocenters. The predicted octanol–water partition coefficient (Wildman–Crippen LogP) is 1.79. The Kier molecular flexibility index (Phi) is 3.38. The van der Waals surface area contributed by atoms with Gasteiger partial charge in [0.25, 0.3) is 0 Å². The second kappa shape index (κ2) is 4.81. The maximum absolute atomic E-state index is 11.0. The number of hydrogen-bond donors (Lipinski definition) is 2. The third-order valence-corrected chi connectivity index (χ3v) is 3.35. The summed E-state index contributed by atoms with van der Waals surface area (Å²) in [4.78, 5) is 10.6. The molecule has 0 saturated heterocycles. The van der Waals surface area contributed by atoms with Crippen LogP contribution in [0.4, 0.5) is 11.4 Å². The van der Waals surface area contributed by atoms with Gasteiger partial charge in [-0.15, -0.1) is 0 Å². The van der Waals surface area contributed by atoms with E-state index in [2.05, 4.69) is 5.32 Å². The molecule has 2 rings (SSSR count). The fourth-order valence-electron chi connectivity index (χ4n) is 1.87. The summed E-state index contributed by atoms with van der Waals surface area (Å²) in [5.74, 6) is 0.235. The topological polar surface area (TPSA) is 84.6 Å². The Bertz CT molecular complexity index is 457. The molecule has 0 aliphatic heterocycles. The monoisotopic (exact) mass is 252 g/mol. The van der Waals surface area contributed by atoms with Crippen molar-refractivity contribution in [2.45, 2.75) is 12.8 Å². The summed E-state index contributed by atoms with van der Waals surface area (Å²) in [6.07, 6.45) is 1.91. The van der Waals surface area contributed by atoms with Crippen molar-refractivity contribution in [1.82, 2.24) is 0 Å². The van der Waals surface area contributed by atoms with Gasteiger partial charge in [-0.1, -0.05) is 6.07 Å². The van der Waals surface area contributed by atoms with Gasteiger partial charge < -0.3 is 15.2 Å². The molecule has 1 fully saturated rings. The molecule has 6 nitrogen and oxygen atoms in total. The summed E-state index contributed by atoms with van der Waals surface area (Å²) in [5, 5.41) is 23.3. The number of nitrogens with zero attached hydrogens (tertiary/aromatic N) is 1. The Labute approximate surface area is 105 Å². The fourth-order valence-corrected chi connectivity index (χ4v) is 1.87. The highest BCUT2D eigenvalue weighted by Gasteiger charge is 2.42. The van der Waals surface area contributed by atoms with Crippen LogP contribution in [0.1, 0.15) is 12.8 Å². The molecule has 1 aliphatic rings. The number of benzene rings is 1. The second-order valence-corrected chi connectivity index (χ2v) is 4.63. The molecule has 6 heteroatoms. The Morgan fingerprint density at radius 3 is 2.78 bits per heavy atom. The summed E-state index contributed by atoms with van der Waals surface area (Å²) < 4.78 is 4.99. The van der Waals surface area contributed by atoms with E-state index >= 15 is 0 Å². The van der Waals surface area contributed by atoms with Crippen LogP contribution in [-0.4, -0.2) is 30.3 Å². The minimum absolute atomic E-state index is 0.0614. The Morgan fingerprint density at radius 1 is 1.56 bits per heavy atom. The number of nitrogens with one attached hydrogen (secondary N) is 1. The number of rotatable bonds is 6. The first kappa shape index (κ1) is 12.6. The van der Waals surface area contributed by atoms with E-state index < -0.39 is 4.92 Å². The quantitative estimate of drug-likeness (QED) is 0.595. The number of ether oxygens (including phenoxy) is 1. The van der Waals surface area contributed by atoms with E-state index in [1.165, 1.54) is 7.11 Å². The molecule has 0 amide bonds. The second-order valence-electron chi connectivity index (χ2n) is 4.63. The fraction of sp³-hybridized carbons (Fsp3) is 0.500. The van der Waals surface area contributed by atoms with Crippen molar-refractivity contribution in [2.75, 3.05) is 25.6 Å². The van der Waals surface area contributed by atoms with Gasteiger partial charge in [0.1, 0.15) is 5.69 Å². The van der Waals surface area contributed by atoms with Crippen LogP contribution >= 0.6 is 0 Å². The third-order valence-electron chi connectivity index (χ3n) is 3.35. The highest BCUT2D eigenvalue weighted by molar-refractivity contribution is 5.68. The lowest BCUT2D eigenvalue weighted by Gasteiger charge is -2.14. The summed E-state index contributed by atoms with van der Waals surface area (Å²) in [6, 6.07) is 4.91. The minimum Gasteiger partial charge on any atom is -0.490 e. The van der Waals surface area contributed by atoms with Crippen molar-refractivity contribution in [3.63, 3.8) is 0 Å². The average molecular weight is 252 g/mol. The van der Waals surface area contributed by atoms with Crippen LogP contribution in [0.2, 0.25) is 0 Å². The number of aliphatic hydroxyl groups is 1. The Morgan fingerprint density at radius 2 is 2.28 bits per heavy atom. The Balaban J connectivity index is 2.19. The van der Waals surface area contributed by atoms with Gasteiger partial charge in [-0.3, -0.25) is 10.1 Å². The summed E-state index contributed by atoms with van der Waals surface area (Å²) in [5.41, 5.74) is 0.268. The molecule has 1 aromatic carbocycles. The molecule has 0 radical (unpaired) electrons. The SMILES string of the molecule is COc1cccc(NCC2(CO)CC2)c1[N+](=O)[O-]. The molecule has 0 bridgehead atoms. The van der Waals surface area contributed by atoms with Crippen LogP contribution in [0, 0.1) is 15.5 Å². The molecule has 98 valence electrons. The highest BCUT2D eigenvalue weighted by Crippen LogP contribution is 2.45. The first-order valence-corrected chi connectivity index (χ1v) is 5.78. The summed E-state index contributed by atoms with van der Waals surface area (Å²) in [7, 11) is 1.40. The molecule has 1 saturated carbocycles. The van der Waals surface area contributed by atoms with Gasteiger partial charge in [-0.05, 0) is 25.0 Å². The van der Waals surface area contributed by atoms with Crippen LogP contribution < -0.4 is 10.1 Å². The lowest BCUT2D eigenvalue weighted by molar-refractivity contribution is -0.384. The van der Waals surface area contributed by atoms with Crippen LogP contribution in [0.15, 0.2) is 18.2 Å². The van der Waals surface area contributed by atoms with Crippen molar-refractivity contribution in [3.05, 3.63) is 28.3 Å². The van der Waals surface area contributed by atoms with Gasteiger partial charge in [0.2, 0.25) is 0 Å².